The third-order valence-electron chi connectivity index (χ3n) is 4.58. The molecule has 0 radical (unpaired) electrons. The van der Waals surface area contributed by atoms with Gasteiger partial charge in [-0.15, -0.1) is 0 Å². The Morgan fingerprint density at radius 3 is 2.72 bits per heavy atom. The number of hydrogen-bond donors (Lipinski definition) is 0. The predicted octanol–water partition coefficient (Wildman–Crippen LogP) is 3.97. The molecule has 1 aliphatic heterocycles. The number of nitrogens with zero attached hydrogens (tertiary/aromatic N) is 1. The summed E-state index contributed by atoms with van der Waals surface area (Å²) in [7, 11) is 0. The van der Waals surface area contributed by atoms with Crippen molar-refractivity contribution in [1.82, 2.24) is 4.90 Å². The van der Waals surface area contributed by atoms with Gasteiger partial charge in [0.1, 0.15) is 5.82 Å². The number of likely N-dealkylation sites (tertiary alicyclic amines) is 1. The molecule has 0 aliphatic carbocycles. The van der Waals surface area contributed by atoms with Gasteiger partial charge in [-0.25, -0.2) is 4.39 Å². The van der Waals surface area contributed by atoms with Crippen LogP contribution in [0, 0.1) is 5.82 Å². The normalized spacial score (nSPS) is 17.5. The van der Waals surface area contributed by atoms with Crippen LogP contribution >= 0.6 is 0 Å². The van der Waals surface area contributed by atoms with Crippen molar-refractivity contribution in [3.05, 3.63) is 71.5 Å². The first-order chi connectivity index (χ1) is 12.2. The second kappa shape index (κ2) is 8.77. The van der Waals surface area contributed by atoms with E-state index in [1.54, 1.807) is 6.07 Å². The van der Waals surface area contributed by atoms with Crippen LogP contribution in [0.4, 0.5) is 4.39 Å². The molecule has 0 bridgehead atoms. The maximum absolute atomic E-state index is 13.2. The SMILES string of the molecule is O=C(CCc1ccccc1)N1CCC[C@H](OCc2cccc(F)c2)C1. The van der Waals surface area contributed by atoms with Gasteiger partial charge in [0.05, 0.1) is 12.7 Å². The van der Waals surface area contributed by atoms with E-state index < -0.39 is 0 Å². The molecule has 1 saturated heterocycles. The molecule has 0 saturated carbocycles. The maximum Gasteiger partial charge on any atom is 0.222 e. The number of piperidine rings is 1. The van der Waals surface area contributed by atoms with E-state index in [1.807, 2.05) is 41.3 Å². The van der Waals surface area contributed by atoms with Crippen molar-refractivity contribution in [1.29, 1.82) is 0 Å². The van der Waals surface area contributed by atoms with Crippen LogP contribution in [-0.2, 0) is 22.6 Å². The van der Waals surface area contributed by atoms with Crippen LogP contribution in [0.15, 0.2) is 54.6 Å². The number of benzene rings is 2. The zero-order valence-electron chi connectivity index (χ0n) is 14.4. The van der Waals surface area contributed by atoms with Gasteiger partial charge in [-0.2, -0.15) is 0 Å². The van der Waals surface area contributed by atoms with Crippen LogP contribution in [-0.4, -0.2) is 30.0 Å². The van der Waals surface area contributed by atoms with Crippen LogP contribution in [0.25, 0.3) is 0 Å². The number of carbonyl (C=O) groups excluding carboxylic acids is 1. The molecule has 1 aliphatic rings. The number of ether oxygens (including phenoxy) is 1. The van der Waals surface area contributed by atoms with Gasteiger partial charge in [0, 0.05) is 19.5 Å². The first-order valence-corrected chi connectivity index (χ1v) is 8.88. The minimum Gasteiger partial charge on any atom is -0.372 e. The van der Waals surface area contributed by atoms with Gasteiger partial charge in [-0.3, -0.25) is 4.79 Å². The average Bonchev–Trinajstić information content (AvgIpc) is 2.65. The fraction of sp³-hybridized carbons (Fsp3) is 0.381. The highest BCUT2D eigenvalue weighted by molar-refractivity contribution is 5.76. The first-order valence-electron chi connectivity index (χ1n) is 8.88. The molecular formula is C21H24FNO2. The summed E-state index contributed by atoms with van der Waals surface area (Å²) in [6.07, 6.45) is 3.21. The predicted molar refractivity (Wildman–Crippen MR) is 95.6 cm³/mol. The number of hydrogen-bond acceptors (Lipinski definition) is 2. The number of rotatable bonds is 6. The van der Waals surface area contributed by atoms with E-state index in [4.69, 9.17) is 4.74 Å². The second-order valence-electron chi connectivity index (χ2n) is 6.53. The minimum atomic E-state index is -0.248. The summed E-state index contributed by atoms with van der Waals surface area (Å²) in [6.45, 7) is 1.81. The van der Waals surface area contributed by atoms with Crippen LogP contribution in [0.5, 0.6) is 0 Å². The molecule has 1 atom stereocenters. The van der Waals surface area contributed by atoms with E-state index in [9.17, 15) is 9.18 Å². The van der Waals surface area contributed by atoms with Gasteiger partial charge >= 0.3 is 0 Å². The van der Waals surface area contributed by atoms with Crippen molar-refractivity contribution in [2.45, 2.75) is 38.4 Å². The molecule has 1 fully saturated rings. The Hall–Kier alpha value is -2.20. The summed E-state index contributed by atoms with van der Waals surface area (Å²) < 4.78 is 19.1. The lowest BCUT2D eigenvalue weighted by Gasteiger charge is -2.33. The van der Waals surface area contributed by atoms with Gasteiger partial charge < -0.3 is 9.64 Å². The topological polar surface area (TPSA) is 29.5 Å². The Bertz CT molecular complexity index is 689. The van der Waals surface area contributed by atoms with Crippen molar-refractivity contribution < 1.29 is 13.9 Å². The molecule has 3 rings (SSSR count). The molecule has 0 N–H and O–H groups in total. The number of carbonyl (C=O) groups is 1. The Labute approximate surface area is 148 Å². The highest BCUT2D eigenvalue weighted by Gasteiger charge is 2.23. The third kappa shape index (κ3) is 5.40. The first kappa shape index (κ1) is 17.6. The Morgan fingerprint density at radius 2 is 1.92 bits per heavy atom. The molecule has 1 heterocycles. The van der Waals surface area contributed by atoms with E-state index in [0.29, 0.717) is 19.6 Å². The molecule has 0 aromatic heterocycles. The Kier molecular flexibility index (Phi) is 6.18. The highest BCUT2D eigenvalue weighted by atomic mass is 19.1. The van der Waals surface area contributed by atoms with E-state index in [-0.39, 0.29) is 17.8 Å². The van der Waals surface area contributed by atoms with E-state index in [0.717, 1.165) is 31.4 Å². The number of halogens is 1. The summed E-state index contributed by atoms with van der Waals surface area (Å²) in [5.74, 6) is -0.0645. The highest BCUT2D eigenvalue weighted by Crippen LogP contribution is 2.17. The van der Waals surface area contributed by atoms with E-state index in [1.165, 1.54) is 17.7 Å². The van der Waals surface area contributed by atoms with Crippen LogP contribution in [0.2, 0.25) is 0 Å². The summed E-state index contributed by atoms with van der Waals surface area (Å²) in [5, 5.41) is 0. The zero-order valence-corrected chi connectivity index (χ0v) is 14.4. The van der Waals surface area contributed by atoms with E-state index >= 15 is 0 Å². The maximum atomic E-state index is 13.2. The van der Waals surface area contributed by atoms with Gasteiger partial charge in [0.25, 0.3) is 0 Å². The molecule has 4 heteroatoms. The smallest absolute Gasteiger partial charge is 0.222 e. The molecule has 1 amide bonds. The summed E-state index contributed by atoms with van der Waals surface area (Å²) in [4.78, 5) is 14.4. The molecule has 3 nitrogen and oxygen atoms in total. The minimum absolute atomic E-state index is 0.0256. The van der Waals surface area contributed by atoms with Crippen molar-refractivity contribution in [3.8, 4) is 0 Å². The molecule has 0 unspecified atom stereocenters. The quantitative estimate of drug-likeness (QED) is 0.796. The lowest BCUT2D eigenvalue weighted by Crippen LogP contribution is -2.43. The summed E-state index contributed by atoms with van der Waals surface area (Å²) in [5.41, 5.74) is 2.01. The fourth-order valence-electron chi connectivity index (χ4n) is 3.20. The summed E-state index contributed by atoms with van der Waals surface area (Å²) >= 11 is 0. The Morgan fingerprint density at radius 1 is 1.12 bits per heavy atom. The van der Waals surface area contributed by atoms with Crippen LogP contribution < -0.4 is 0 Å². The molecular weight excluding hydrogens is 317 g/mol. The van der Waals surface area contributed by atoms with Crippen LogP contribution in [0.1, 0.15) is 30.4 Å². The lowest BCUT2D eigenvalue weighted by atomic mass is 10.1. The van der Waals surface area contributed by atoms with Crippen LogP contribution in [0.3, 0.4) is 0 Å². The molecule has 25 heavy (non-hydrogen) atoms. The second-order valence-corrected chi connectivity index (χ2v) is 6.53. The van der Waals surface area contributed by atoms with Gasteiger partial charge in [0.15, 0.2) is 0 Å². The van der Waals surface area contributed by atoms with Crippen molar-refractivity contribution in [3.63, 3.8) is 0 Å². The van der Waals surface area contributed by atoms with Gasteiger partial charge in [0.2, 0.25) is 5.91 Å². The molecule has 2 aromatic rings. The van der Waals surface area contributed by atoms with Crippen molar-refractivity contribution in [2.24, 2.45) is 0 Å². The largest absolute Gasteiger partial charge is 0.372 e. The van der Waals surface area contributed by atoms with E-state index in [2.05, 4.69) is 0 Å². The Balaban J connectivity index is 1.46. The van der Waals surface area contributed by atoms with Gasteiger partial charge in [-0.05, 0) is 42.5 Å². The van der Waals surface area contributed by atoms with Crippen molar-refractivity contribution in [2.75, 3.05) is 13.1 Å². The van der Waals surface area contributed by atoms with Crippen molar-refractivity contribution >= 4 is 5.91 Å². The molecule has 132 valence electrons. The fourth-order valence-corrected chi connectivity index (χ4v) is 3.20. The molecule has 2 aromatic carbocycles. The lowest BCUT2D eigenvalue weighted by molar-refractivity contribution is -0.135. The number of amides is 1. The summed E-state index contributed by atoms with van der Waals surface area (Å²) in [6, 6.07) is 16.5. The third-order valence-corrected chi connectivity index (χ3v) is 4.58. The average molecular weight is 341 g/mol. The zero-order chi connectivity index (χ0) is 17.5. The monoisotopic (exact) mass is 341 g/mol. The molecule has 0 spiro atoms. The number of aryl methyl sites for hydroxylation is 1. The van der Waals surface area contributed by atoms with Gasteiger partial charge in [-0.1, -0.05) is 42.5 Å². The standard InChI is InChI=1S/C21H24FNO2/c22-19-9-4-8-18(14-19)16-25-20-10-5-13-23(15-20)21(24)12-11-17-6-2-1-3-7-17/h1-4,6-9,14,20H,5,10-13,15-16H2/t20-/m0/s1.